The number of aliphatic carboxylic acids is 2. The van der Waals surface area contributed by atoms with Gasteiger partial charge in [-0.25, -0.2) is 4.79 Å². The molecule has 0 saturated carbocycles. The van der Waals surface area contributed by atoms with Crippen LogP contribution >= 0.6 is 0 Å². The second-order valence-corrected chi connectivity index (χ2v) is 6.06. The fraction of sp³-hybridized carbons (Fsp3) is 0.533. The molecule has 15 heteroatoms. The van der Waals surface area contributed by atoms with Gasteiger partial charge in [-0.05, 0) is 6.42 Å². The van der Waals surface area contributed by atoms with Crippen LogP contribution < -0.4 is 33.2 Å². The van der Waals surface area contributed by atoms with E-state index in [-0.39, 0.29) is 12.8 Å². The van der Waals surface area contributed by atoms with Gasteiger partial charge in [0.2, 0.25) is 29.5 Å². The Labute approximate surface area is 169 Å². The molecule has 0 spiro atoms. The number of primary amides is 2. The average molecular weight is 432 g/mol. The minimum absolute atomic E-state index is 0.270. The summed E-state index contributed by atoms with van der Waals surface area (Å²) < 4.78 is 0. The lowest BCUT2D eigenvalue weighted by Gasteiger charge is -2.23. The zero-order valence-electron chi connectivity index (χ0n) is 15.8. The van der Waals surface area contributed by atoms with Crippen LogP contribution in [0.15, 0.2) is 0 Å². The highest BCUT2D eigenvalue weighted by Gasteiger charge is 2.31. The van der Waals surface area contributed by atoms with Gasteiger partial charge in [-0.2, -0.15) is 0 Å². The summed E-state index contributed by atoms with van der Waals surface area (Å²) >= 11 is 0. The number of hydrogen-bond acceptors (Lipinski definition) is 8. The quantitative estimate of drug-likeness (QED) is 0.129. The number of carboxylic acid groups (broad SMARTS) is 2. The first kappa shape index (κ1) is 26.2. The molecule has 5 amide bonds. The molecule has 3 unspecified atom stereocenters. The summed E-state index contributed by atoms with van der Waals surface area (Å²) in [6, 6.07) is -4.90. The lowest BCUT2D eigenvalue weighted by atomic mass is 10.1. The van der Waals surface area contributed by atoms with Gasteiger partial charge in [-0.3, -0.25) is 28.8 Å². The van der Waals surface area contributed by atoms with Crippen molar-refractivity contribution in [3.8, 4) is 0 Å². The average Bonchev–Trinajstić information content (AvgIpc) is 2.62. The zero-order chi connectivity index (χ0) is 23.4. The van der Waals surface area contributed by atoms with E-state index in [1.54, 1.807) is 0 Å². The highest BCUT2D eigenvalue weighted by Crippen LogP contribution is 2.02. The van der Waals surface area contributed by atoms with E-state index in [2.05, 4.69) is 10.6 Å². The van der Waals surface area contributed by atoms with Gasteiger partial charge < -0.3 is 43.4 Å². The Balaban J connectivity index is 5.44. The Morgan fingerprint density at radius 1 is 0.733 bits per heavy atom. The van der Waals surface area contributed by atoms with Crippen molar-refractivity contribution in [2.24, 2.45) is 17.2 Å². The fourth-order valence-electron chi connectivity index (χ4n) is 2.14. The molecule has 0 aromatic heterocycles. The first-order valence-electron chi connectivity index (χ1n) is 8.48. The van der Waals surface area contributed by atoms with E-state index < -0.39 is 79.0 Å². The summed E-state index contributed by atoms with van der Waals surface area (Å²) in [6.45, 7) is -0.493. The van der Waals surface area contributed by atoms with Crippen molar-refractivity contribution in [1.29, 1.82) is 0 Å². The van der Waals surface area contributed by atoms with Crippen molar-refractivity contribution in [2.75, 3.05) is 6.54 Å². The van der Waals surface area contributed by atoms with Gasteiger partial charge in [0.25, 0.3) is 0 Å². The van der Waals surface area contributed by atoms with Gasteiger partial charge in [0, 0.05) is 6.42 Å². The van der Waals surface area contributed by atoms with Crippen molar-refractivity contribution in [2.45, 2.75) is 43.8 Å². The Hall–Kier alpha value is -3.75. The standard InChI is InChI=1S/C15H24N6O9/c16-5-11(24)19-6(1-2-9(17)22)13(27)20-7(4-12(25)26)14(28)21-8(15(29)30)3-10(18)23/h6-8H,1-5,16H2,(H2,17,22)(H2,18,23)(H,19,24)(H,20,27)(H,21,28)(H,25,26)(H,29,30). The maximum Gasteiger partial charge on any atom is 0.326 e. The van der Waals surface area contributed by atoms with E-state index in [1.807, 2.05) is 5.32 Å². The van der Waals surface area contributed by atoms with Crippen molar-refractivity contribution in [1.82, 2.24) is 16.0 Å². The molecule has 0 heterocycles. The molecule has 0 aliphatic rings. The van der Waals surface area contributed by atoms with Gasteiger partial charge in [-0.15, -0.1) is 0 Å². The van der Waals surface area contributed by atoms with Gasteiger partial charge in [0.1, 0.15) is 18.1 Å². The number of carboxylic acids is 2. The number of hydrogen-bond donors (Lipinski definition) is 8. The summed E-state index contributed by atoms with van der Waals surface area (Å²) in [5.74, 6) is -8.00. The van der Waals surface area contributed by atoms with E-state index >= 15 is 0 Å². The molecular formula is C15H24N6O9. The van der Waals surface area contributed by atoms with E-state index in [0.29, 0.717) is 0 Å². The monoisotopic (exact) mass is 432 g/mol. The Bertz CT molecular complexity index is 711. The minimum atomic E-state index is -1.77. The highest BCUT2D eigenvalue weighted by atomic mass is 16.4. The normalized spacial score (nSPS) is 13.2. The molecule has 3 atom stereocenters. The SMILES string of the molecule is NCC(=O)NC(CCC(N)=O)C(=O)NC(CC(=O)O)C(=O)NC(CC(N)=O)C(=O)O. The van der Waals surface area contributed by atoms with Crippen molar-refractivity contribution >= 4 is 41.5 Å². The maximum absolute atomic E-state index is 12.4. The van der Waals surface area contributed by atoms with E-state index in [9.17, 15) is 33.6 Å². The van der Waals surface area contributed by atoms with Crippen LogP contribution in [-0.2, 0) is 33.6 Å². The number of rotatable bonds is 14. The smallest absolute Gasteiger partial charge is 0.326 e. The van der Waals surface area contributed by atoms with Gasteiger partial charge in [0.05, 0.1) is 19.4 Å². The van der Waals surface area contributed by atoms with Crippen molar-refractivity contribution in [3.05, 3.63) is 0 Å². The van der Waals surface area contributed by atoms with Crippen LogP contribution in [0, 0.1) is 0 Å². The predicted molar refractivity (Wildman–Crippen MR) is 97.0 cm³/mol. The lowest BCUT2D eigenvalue weighted by Crippen LogP contribution is -2.57. The molecule has 0 rings (SSSR count). The third-order valence-corrected chi connectivity index (χ3v) is 3.55. The fourth-order valence-corrected chi connectivity index (χ4v) is 2.14. The molecule has 0 aliphatic carbocycles. The number of amides is 5. The second-order valence-electron chi connectivity index (χ2n) is 6.06. The summed E-state index contributed by atoms with van der Waals surface area (Å²) in [6.07, 6.45) is -2.32. The topological polar surface area (TPSA) is 274 Å². The third kappa shape index (κ3) is 10.5. The van der Waals surface area contributed by atoms with Crippen LogP contribution in [-0.4, -0.2) is 76.4 Å². The van der Waals surface area contributed by atoms with Crippen LogP contribution in [0.3, 0.4) is 0 Å². The molecule has 30 heavy (non-hydrogen) atoms. The molecule has 0 aromatic carbocycles. The van der Waals surface area contributed by atoms with Crippen LogP contribution in [0.2, 0.25) is 0 Å². The number of carbonyl (C=O) groups excluding carboxylic acids is 5. The molecule has 15 nitrogen and oxygen atoms in total. The number of nitrogens with two attached hydrogens (primary N) is 3. The first-order chi connectivity index (χ1) is 13.9. The Morgan fingerprint density at radius 3 is 1.70 bits per heavy atom. The predicted octanol–water partition coefficient (Wildman–Crippen LogP) is -4.90. The van der Waals surface area contributed by atoms with E-state index in [1.165, 1.54) is 0 Å². The molecule has 0 radical (unpaired) electrons. The lowest BCUT2D eigenvalue weighted by molar-refractivity contribution is -0.144. The number of carbonyl (C=O) groups is 7. The summed E-state index contributed by atoms with van der Waals surface area (Å²) in [4.78, 5) is 80.2. The molecule has 11 N–H and O–H groups in total. The first-order valence-corrected chi connectivity index (χ1v) is 8.48. The largest absolute Gasteiger partial charge is 0.481 e. The zero-order valence-corrected chi connectivity index (χ0v) is 15.8. The van der Waals surface area contributed by atoms with Crippen LogP contribution in [0.5, 0.6) is 0 Å². The minimum Gasteiger partial charge on any atom is -0.481 e. The van der Waals surface area contributed by atoms with Crippen LogP contribution in [0.4, 0.5) is 0 Å². The van der Waals surface area contributed by atoms with Crippen LogP contribution in [0.25, 0.3) is 0 Å². The van der Waals surface area contributed by atoms with Crippen molar-refractivity contribution < 1.29 is 43.8 Å². The number of nitrogens with one attached hydrogen (secondary N) is 3. The summed E-state index contributed by atoms with van der Waals surface area (Å²) in [5.41, 5.74) is 15.0. The van der Waals surface area contributed by atoms with Gasteiger partial charge in [-0.1, -0.05) is 0 Å². The molecule has 0 bridgehead atoms. The van der Waals surface area contributed by atoms with Gasteiger partial charge >= 0.3 is 11.9 Å². The maximum atomic E-state index is 12.4. The second kappa shape index (κ2) is 12.7. The molecule has 168 valence electrons. The highest BCUT2D eigenvalue weighted by molar-refractivity contribution is 5.96. The molecule has 0 fully saturated rings. The third-order valence-electron chi connectivity index (χ3n) is 3.55. The summed E-state index contributed by atoms with van der Waals surface area (Å²) in [5, 5.41) is 24.1. The van der Waals surface area contributed by atoms with Crippen LogP contribution in [0.1, 0.15) is 25.7 Å². The Morgan fingerprint density at radius 2 is 1.27 bits per heavy atom. The summed E-state index contributed by atoms with van der Waals surface area (Å²) in [7, 11) is 0. The van der Waals surface area contributed by atoms with E-state index in [0.717, 1.165) is 0 Å². The van der Waals surface area contributed by atoms with Gasteiger partial charge in [0.15, 0.2) is 0 Å². The molecule has 0 aliphatic heterocycles. The Kier molecular flexibility index (Phi) is 11.1. The van der Waals surface area contributed by atoms with E-state index in [4.69, 9.17) is 27.4 Å². The molecular weight excluding hydrogens is 408 g/mol. The van der Waals surface area contributed by atoms with Crippen molar-refractivity contribution in [3.63, 3.8) is 0 Å². The molecule has 0 aromatic rings. The molecule has 0 saturated heterocycles.